The Morgan fingerprint density at radius 1 is 0.900 bits per heavy atom. The summed E-state index contributed by atoms with van der Waals surface area (Å²) in [7, 11) is -3.87. The molecule has 7 nitrogen and oxygen atoms in total. The van der Waals surface area contributed by atoms with E-state index in [0.29, 0.717) is 18.0 Å². The second-order valence-electron chi connectivity index (χ2n) is 16.7. The topological polar surface area (TPSA) is 85.3 Å². The number of amides is 1. The quantitative estimate of drug-likeness (QED) is 0.183. The van der Waals surface area contributed by atoms with Crippen LogP contribution in [-0.4, -0.2) is 53.8 Å². The Labute approximate surface area is 299 Å². The molecule has 1 aliphatic carbocycles. The van der Waals surface area contributed by atoms with E-state index in [4.69, 9.17) is 13.6 Å². The molecular formula is C41H51NO6Si2. The van der Waals surface area contributed by atoms with Crippen LogP contribution in [0.15, 0.2) is 72.8 Å². The fourth-order valence-electron chi connectivity index (χ4n) is 7.33. The predicted molar refractivity (Wildman–Crippen MR) is 207 cm³/mol. The highest BCUT2D eigenvalue weighted by atomic mass is 28.4. The van der Waals surface area contributed by atoms with Crippen molar-refractivity contribution in [3.05, 3.63) is 95.1 Å². The van der Waals surface area contributed by atoms with E-state index in [1.807, 2.05) is 36.4 Å². The largest absolute Gasteiger partial charge is 0.543 e. The van der Waals surface area contributed by atoms with E-state index in [2.05, 4.69) is 92.0 Å². The van der Waals surface area contributed by atoms with Crippen molar-refractivity contribution in [2.24, 2.45) is 5.41 Å². The van der Waals surface area contributed by atoms with Gasteiger partial charge in [-0.3, -0.25) is 4.90 Å². The molecule has 0 saturated heterocycles. The number of benzene rings is 4. The number of hydrogen-bond acceptors (Lipinski definition) is 5. The number of carbonyl (C=O) groups excluding carboxylic acids is 1. The van der Waals surface area contributed by atoms with Crippen LogP contribution in [0, 0.1) is 5.41 Å². The first-order valence-electron chi connectivity index (χ1n) is 17.7. The second kappa shape index (κ2) is 13.0. The minimum absolute atomic E-state index is 0.0750. The third kappa shape index (κ3) is 6.51. The van der Waals surface area contributed by atoms with E-state index < -0.39 is 29.4 Å². The average molecular weight is 710 g/mol. The Bertz CT molecular complexity index is 1910. The third-order valence-corrected chi connectivity index (χ3v) is 16.0. The van der Waals surface area contributed by atoms with Crippen LogP contribution in [0.4, 0.5) is 10.5 Å². The summed E-state index contributed by atoms with van der Waals surface area (Å²) in [5.74, 6) is -0.633. The number of anilines is 1. The summed E-state index contributed by atoms with van der Waals surface area (Å²) in [5, 5.41) is 11.6. The lowest BCUT2D eigenvalue weighted by Crippen LogP contribution is -2.44. The minimum Gasteiger partial charge on any atom is -0.543 e. The minimum atomic E-state index is -2.34. The van der Waals surface area contributed by atoms with Crippen molar-refractivity contribution in [3.8, 4) is 16.9 Å². The Kier molecular flexibility index (Phi) is 9.33. The van der Waals surface area contributed by atoms with Gasteiger partial charge in [0.15, 0.2) is 9.04 Å². The van der Waals surface area contributed by atoms with Crippen molar-refractivity contribution in [1.82, 2.24) is 0 Å². The Morgan fingerprint density at radius 3 is 2.04 bits per heavy atom. The molecule has 2 atom stereocenters. The molecule has 0 fully saturated rings. The fraction of sp³-hybridized carbons (Fsp3) is 0.415. The van der Waals surface area contributed by atoms with Gasteiger partial charge < -0.3 is 18.7 Å². The standard InChI is InChI=1S/C41H51NO6Si2/c1-40(2,3)37(47-49(7)8)32-23-42(39(45)46-24-33-28-17-13-11-15-26(28)27-16-12-14-18-29(27)33)34-22-35(48-50(9,10)41(4,5)6)30-20-19-25(38(43)44)21-31(30)36(32)34/h11-22,32-33,37,49H,23-24H2,1-10H3,(H,43,44). The molecule has 2 unspecified atom stereocenters. The number of carboxylic acids is 1. The van der Waals surface area contributed by atoms with E-state index in [1.165, 1.54) is 11.1 Å². The van der Waals surface area contributed by atoms with Crippen LogP contribution in [-0.2, 0) is 9.16 Å². The van der Waals surface area contributed by atoms with Gasteiger partial charge in [0.2, 0.25) is 0 Å². The van der Waals surface area contributed by atoms with Crippen LogP contribution in [0.5, 0.6) is 5.75 Å². The molecule has 4 aromatic carbocycles. The van der Waals surface area contributed by atoms with Crippen molar-refractivity contribution >= 4 is 45.9 Å². The molecule has 0 bridgehead atoms. The molecule has 6 rings (SSSR count). The van der Waals surface area contributed by atoms with Crippen LogP contribution < -0.4 is 9.33 Å². The molecule has 0 aromatic heterocycles. The Morgan fingerprint density at radius 2 is 1.50 bits per heavy atom. The summed E-state index contributed by atoms with van der Waals surface area (Å²) in [6, 6.07) is 23.9. The highest BCUT2D eigenvalue weighted by molar-refractivity contribution is 6.74. The monoisotopic (exact) mass is 709 g/mol. The van der Waals surface area contributed by atoms with Crippen molar-refractivity contribution in [1.29, 1.82) is 0 Å². The van der Waals surface area contributed by atoms with Crippen LogP contribution in [0.25, 0.3) is 21.9 Å². The first-order valence-corrected chi connectivity index (χ1v) is 23.4. The van der Waals surface area contributed by atoms with Gasteiger partial charge in [-0.1, -0.05) is 90.1 Å². The van der Waals surface area contributed by atoms with E-state index >= 15 is 0 Å². The molecule has 0 saturated carbocycles. The first kappa shape index (κ1) is 35.9. The molecule has 50 heavy (non-hydrogen) atoms. The predicted octanol–water partition coefficient (Wildman–Crippen LogP) is 10.2. The average Bonchev–Trinajstić information content (AvgIpc) is 3.57. The van der Waals surface area contributed by atoms with Gasteiger partial charge in [0.1, 0.15) is 12.4 Å². The molecule has 2 aliphatic rings. The van der Waals surface area contributed by atoms with Gasteiger partial charge in [-0.25, -0.2) is 9.59 Å². The number of aromatic carboxylic acids is 1. The lowest BCUT2D eigenvalue weighted by Gasteiger charge is -2.38. The molecule has 0 spiro atoms. The van der Waals surface area contributed by atoms with Crippen molar-refractivity contribution in [2.75, 3.05) is 18.1 Å². The fourth-order valence-corrected chi connectivity index (χ4v) is 9.54. The lowest BCUT2D eigenvalue weighted by molar-refractivity contribution is 0.0648. The summed E-state index contributed by atoms with van der Waals surface area (Å²) in [4.78, 5) is 28.5. The number of nitrogens with zero attached hydrogens (tertiary/aromatic N) is 1. The molecule has 1 amide bonds. The molecule has 1 aliphatic heterocycles. The smallest absolute Gasteiger partial charge is 0.414 e. The van der Waals surface area contributed by atoms with E-state index in [9.17, 15) is 14.7 Å². The number of carboxylic acid groups (broad SMARTS) is 1. The number of carbonyl (C=O) groups is 2. The molecule has 1 N–H and O–H groups in total. The van der Waals surface area contributed by atoms with E-state index in [1.54, 1.807) is 17.0 Å². The summed E-state index contributed by atoms with van der Waals surface area (Å²) < 4.78 is 20.0. The number of fused-ring (bicyclic) bond motifs is 6. The maximum atomic E-state index is 14.4. The van der Waals surface area contributed by atoms with E-state index in [0.717, 1.165) is 27.5 Å². The molecule has 0 radical (unpaired) electrons. The second-order valence-corrected chi connectivity index (χ2v) is 23.8. The van der Waals surface area contributed by atoms with E-state index in [-0.39, 0.29) is 40.6 Å². The molecule has 9 heteroatoms. The van der Waals surface area contributed by atoms with Crippen LogP contribution >= 0.6 is 0 Å². The van der Waals surface area contributed by atoms with Crippen molar-refractivity contribution in [3.63, 3.8) is 0 Å². The number of ether oxygens (including phenoxy) is 1. The summed E-state index contributed by atoms with van der Waals surface area (Å²) in [5.41, 5.74) is 6.19. The zero-order valence-electron chi connectivity index (χ0n) is 31.1. The zero-order valence-corrected chi connectivity index (χ0v) is 33.2. The number of rotatable bonds is 8. The van der Waals surface area contributed by atoms with Gasteiger partial charge in [-0.2, -0.15) is 0 Å². The van der Waals surface area contributed by atoms with Crippen LogP contribution in [0.1, 0.15) is 80.4 Å². The van der Waals surface area contributed by atoms with Gasteiger partial charge in [0, 0.05) is 29.8 Å². The maximum absolute atomic E-state index is 14.4. The lowest BCUT2D eigenvalue weighted by atomic mass is 9.78. The van der Waals surface area contributed by atoms with Gasteiger partial charge in [0.05, 0.1) is 17.4 Å². The maximum Gasteiger partial charge on any atom is 0.414 e. The highest BCUT2D eigenvalue weighted by Gasteiger charge is 2.46. The van der Waals surface area contributed by atoms with Gasteiger partial charge in [0.25, 0.3) is 8.32 Å². The van der Waals surface area contributed by atoms with Gasteiger partial charge >= 0.3 is 12.1 Å². The van der Waals surface area contributed by atoms with Crippen LogP contribution in [0.2, 0.25) is 31.2 Å². The summed E-state index contributed by atoms with van der Waals surface area (Å²) in [6.07, 6.45) is -0.653. The normalized spacial score (nSPS) is 16.7. The van der Waals surface area contributed by atoms with Gasteiger partial charge in [-0.15, -0.1) is 0 Å². The SMILES string of the molecule is C[SiH](C)OC(C1CN(C(=O)OCC2c3ccccc3-c3ccccc32)c2cc(O[Si](C)(C)C(C)(C)C)c3ccc(C(=O)O)cc3c21)C(C)(C)C. The highest BCUT2D eigenvalue weighted by Crippen LogP contribution is 2.52. The van der Waals surface area contributed by atoms with Crippen LogP contribution in [0.3, 0.4) is 0 Å². The molecule has 1 heterocycles. The number of hydrogen-bond donors (Lipinski definition) is 1. The Hall–Kier alpha value is -3.93. The molecular weight excluding hydrogens is 659 g/mol. The first-order chi connectivity index (χ1) is 23.4. The third-order valence-electron chi connectivity index (χ3n) is 10.8. The zero-order chi connectivity index (χ0) is 36.3. The summed E-state index contributed by atoms with van der Waals surface area (Å²) in [6.45, 7) is 22.4. The molecule has 264 valence electrons. The van der Waals surface area contributed by atoms with Gasteiger partial charge in [-0.05, 0) is 88.0 Å². The van der Waals surface area contributed by atoms with Crippen molar-refractivity contribution in [2.45, 2.75) is 90.7 Å². The Balaban J connectivity index is 1.48. The molecule has 4 aromatic rings. The summed E-state index contributed by atoms with van der Waals surface area (Å²) >= 11 is 0. The van der Waals surface area contributed by atoms with Crippen molar-refractivity contribution < 1.29 is 28.3 Å².